The molecule has 0 atom stereocenters. The molecule has 1 aromatic heterocycles. The molecule has 11 heteroatoms. The van der Waals surface area contributed by atoms with Gasteiger partial charge in [-0.25, -0.2) is 13.8 Å². The quantitative estimate of drug-likeness (QED) is 0.520. The van der Waals surface area contributed by atoms with E-state index in [1.54, 1.807) is 0 Å². The van der Waals surface area contributed by atoms with Crippen LogP contribution in [0.3, 0.4) is 0 Å². The normalized spacial score (nSPS) is 11.7. The van der Waals surface area contributed by atoms with Gasteiger partial charge in [-0.3, -0.25) is 10.1 Å². The largest absolute Gasteiger partial charge is 0.573 e. The van der Waals surface area contributed by atoms with Gasteiger partial charge in [-0.2, -0.15) is 0 Å². The number of rotatable bonds is 3. The third-order valence-electron chi connectivity index (χ3n) is 1.62. The van der Waals surface area contributed by atoms with Crippen LogP contribution in [0.15, 0.2) is 6.20 Å². The fourth-order valence-corrected chi connectivity index (χ4v) is 1.04. The zero-order valence-corrected chi connectivity index (χ0v) is 8.11. The van der Waals surface area contributed by atoms with Gasteiger partial charge in [-0.05, 0) is 0 Å². The first kappa shape index (κ1) is 13.9. The molecular weight excluding hydrogens is 271 g/mol. The summed E-state index contributed by atoms with van der Waals surface area (Å²) in [7, 11) is 0. The maximum Gasteiger partial charge on any atom is 0.573 e. The lowest BCUT2D eigenvalue weighted by Gasteiger charge is -2.12. The first-order valence-corrected chi connectivity index (χ1v) is 4.03. The van der Waals surface area contributed by atoms with E-state index >= 15 is 0 Å². The molecule has 1 heterocycles. The number of aromatic hydroxyl groups is 1. The highest BCUT2D eigenvalue weighted by atomic mass is 19.4. The van der Waals surface area contributed by atoms with Crippen LogP contribution in [-0.2, 0) is 0 Å². The summed E-state index contributed by atoms with van der Waals surface area (Å²) in [5.41, 5.74) is -3.21. The van der Waals surface area contributed by atoms with Crippen LogP contribution in [0.5, 0.6) is 11.5 Å². The average Bonchev–Trinajstić information content (AvgIpc) is 2.13. The molecule has 1 aromatic rings. The zero-order valence-electron chi connectivity index (χ0n) is 8.11. The molecule has 100 valence electrons. The van der Waals surface area contributed by atoms with E-state index in [2.05, 4.69) is 9.72 Å². The maximum atomic E-state index is 12.4. The van der Waals surface area contributed by atoms with E-state index in [9.17, 15) is 32.1 Å². The lowest BCUT2D eigenvalue weighted by molar-refractivity contribution is -0.389. The van der Waals surface area contributed by atoms with Crippen LogP contribution in [0.25, 0.3) is 0 Å². The van der Waals surface area contributed by atoms with Crippen LogP contribution in [-0.4, -0.2) is 21.4 Å². The summed E-state index contributed by atoms with van der Waals surface area (Å²) in [6.45, 7) is 0. The van der Waals surface area contributed by atoms with Crippen LogP contribution in [0, 0.1) is 10.1 Å². The second-order valence-corrected chi connectivity index (χ2v) is 2.81. The van der Waals surface area contributed by atoms with E-state index < -0.39 is 40.6 Å². The fourth-order valence-electron chi connectivity index (χ4n) is 1.04. The van der Waals surface area contributed by atoms with E-state index in [1.807, 2.05) is 0 Å². The Balaban J connectivity index is 3.48. The van der Waals surface area contributed by atoms with Gasteiger partial charge in [0, 0.05) is 0 Å². The summed E-state index contributed by atoms with van der Waals surface area (Å²) in [5.74, 6) is -3.15. The minimum absolute atomic E-state index is 0.239. The van der Waals surface area contributed by atoms with Crippen molar-refractivity contribution in [3.05, 3.63) is 22.0 Å². The van der Waals surface area contributed by atoms with Crippen molar-refractivity contribution in [3.8, 4) is 11.5 Å². The Morgan fingerprint density at radius 2 is 2.00 bits per heavy atom. The van der Waals surface area contributed by atoms with Gasteiger partial charge >= 0.3 is 12.0 Å². The lowest BCUT2D eigenvalue weighted by atomic mass is 10.2. The van der Waals surface area contributed by atoms with Gasteiger partial charge in [0.2, 0.25) is 11.5 Å². The number of hydrogen-bond acceptors (Lipinski definition) is 5. The van der Waals surface area contributed by atoms with E-state index in [0.29, 0.717) is 0 Å². The highest BCUT2D eigenvalue weighted by Gasteiger charge is 2.39. The van der Waals surface area contributed by atoms with Crippen molar-refractivity contribution in [2.24, 2.45) is 0 Å². The fraction of sp³-hybridized carbons (Fsp3) is 0.286. The first-order chi connectivity index (χ1) is 8.13. The minimum atomic E-state index is -5.44. The van der Waals surface area contributed by atoms with Gasteiger partial charge in [-0.1, -0.05) is 0 Å². The monoisotopic (exact) mass is 274 g/mol. The second kappa shape index (κ2) is 4.58. The molecule has 1 N–H and O–H groups in total. The van der Waals surface area contributed by atoms with Crippen LogP contribution < -0.4 is 4.74 Å². The first-order valence-electron chi connectivity index (χ1n) is 4.03. The van der Waals surface area contributed by atoms with E-state index in [-0.39, 0.29) is 6.20 Å². The Labute approximate surface area is 94.8 Å². The Hall–Kier alpha value is -2.20. The lowest BCUT2D eigenvalue weighted by Crippen LogP contribution is -2.19. The van der Waals surface area contributed by atoms with Crippen molar-refractivity contribution in [2.45, 2.75) is 12.8 Å². The van der Waals surface area contributed by atoms with Crippen LogP contribution in [0.2, 0.25) is 0 Å². The average molecular weight is 274 g/mol. The van der Waals surface area contributed by atoms with Gasteiger partial charge < -0.3 is 9.84 Å². The van der Waals surface area contributed by atoms with Crippen molar-refractivity contribution in [1.82, 2.24) is 4.98 Å². The molecule has 0 amide bonds. The zero-order chi connectivity index (χ0) is 14.1. The topological polar surface area (TPSA) is 85.5 Å². The van der Waals surface area contributed by atoms with Gasteiger partial charge in [0.1, 0.15) is 0 Å². The number of hydrogen-bond donors (Lipinski definition) is 1. The predicted molar refractivity (Wildman–Crippen MR) is 44.2 cm³/mol. The van der Waals surface area contributed by atoms with Crippen molar-refractivity contribution >= 4 is 5.69 Å². The number of pyridine rings is 1. The molecule has 6 nitrogen and oxygen atoms in total. The smallest absolute Gasteiger partial charge is 0.501 e. The number of nitrogens with zero attached hydrogens (tertiary/aromatic N) is 2. The summed E-state index contributed by atoms with van der Waals surface area (Å²) in [6, 6.07) is 0. The molecular formula is C7H3F5N2O4. The van der Waals surface area contributed by atoms with Crippen molar-refractivity contribution in [1.29, 1.82) is 0 Å². The van der Waals surface area contributed by atoms with Crippen LogP contribution in [0.4, 0.5) is 27.6 Å². The number of alkyl halides is 5. The molecule has 0 fully saturated rings. The molecule has 0 aliphatic rings. The Morgan fingerprint density at radius 1 is 1.44 bits per heavy atom. The predicted octanol–water partition coefficient (Wildman–Crippen LogP) is 2.53. The third kappa shape index (κ3) is 2.93. The van der Waals surface area contributed by atoms with Gasteiger partial charge in [0.05, 0.1) is 11.1 Å². The molecule has 0 unspecified atom stereocenters. The molecule has 1 rings (SSSR count). The standard InChI is InChI=1S/C7H3F5N2O4/c8-6(9)3-5(18-7(10,11)12)4(14(16)17)2(15)1-13-3/h1,6,15H. The second-order valence-electron chi connectivity index (χ2n) is 2.81. The molecule has 0 aliphatic carbocycles. The van der Waals surface area contributed by atoms with Crippen molar-refractivity contribution in [3.63, 3.8) is 0 Å². The highest BCUT2D eigenvalue weighted by molar-refractivity contribution is 5.58. The van der Waals surface area contributed by atoms with Gasteiger partial charge in [0.25, 0.3) is 6.43 Å². The Bertz CT molecular complexity index is 476. The molecule has 0 radical (unpaired) electrons. The summed E-state index contributed by atoms with van der Waals surface area (Å²) >= 11 is 0. The molecule has 0 aliphatic heterocycles. The minimum Gasteiger partial charge on any atom is -0.501 e. The molecule has 0 aromatic carbocycles. The Morgan fingerprint density at radius 3 is 2.39 bits per heavy atom. The van der Waals surface area contributed by atoms with Gasteiger partial charge in [-0.15, -0.1) is 13.2 Å². The SMILES string of the molecule is O=[N+]([O-])c1c(O)cnc(C(F)F)c1OC(F)(F)F. The molecule has 0 spiro atoms. The van der Waals surface area contributed by atoms with Crippen LogP contribution >= 0.6 is 0 Å². The maximum absolute atomic E-state index is 12.4. The number of aromatic nitrogens is 1. The molecule has 0 bridgehead atoms. The number of ether oxygens (including phenoxy) is 1. The summed E-state index contributed by atoms with van der Waals surface area (Å²) in [5, 5.41) is 19.4. The van der Waals surface area contributed by atoms with Crippen molar-refractivity contribution < 1.29 is 36.7 Å². The van der Waals surface area contributed by atoms with Crippen LogP contribution in [0.1, 0.15) is 12.1 Å². The van der Waals surface area contributed by atoms with E-state index in [0.717, 1.165) is 0 Å². The molecule has 18 heavy (non-hydrogen) atoms. The molecule has 0 saturated heterocycles. The number of nitro groups is 1. The van der Waals surface area contributed by atoms with Crippen molar-refractivity contribution in [2.75, 3.05) is 0 Å². The summed E-state index contributed by atoms with van der Waals surface area (Å²) in [6.07, 6.45) is -8.74. The molecule has 0 saturated carbocycles. The third-order valence-corrected chi connectivity index (χ3v) is 1.62. The van der Waals surface area contributed by atoms with Gasteiger partial charge in [0.15, 0.2) is 5.69 Å². The number of halogens is 5. The Kier molecular flexibility index (Phi) is 3.53. The summed E-state index contributed by atoms with van der Waals surface area (Å²) < 4.78 is 63.7. The summed E-state index contributed by atoms with van der Waals surface area (Å²) in [4.78, 5) is 11.7. The van der Waals surface area contributed by atoms with E-state index in [1.165, 1.54) is 0 Å². The highest BCUT2D eigenvalue weighted by Crippen LogP contribution is 2.43. The van der Waals surface area contributed by atoms with E-state index in [4.69, 9.17) is 5.11 Å².